The molecule has 0 aliphatic rings. The molecular formula is C15H14N2S. The van der Waals surface area contributed by atoms with Crippen molar-refractivity contribution < 1.29 is 0 Å². The fourth-order valence-corrected chi connectivity index (χ4v) is 2.79. The summed E-state index contributed by atoms with van der Waals surface area (Å²) < 4.78 is 1.33. The van der Waals surface area contributed by atoms with E-state index >= 15 is 0 Å². The first kappa shape index (κ1) is 11.2. The SMILES string of the molecule is CC(Nc1ccc2sccc2c1)c1cccnc1. The van der Waals surface area contributed by atoms with Gasteiger partial charge in [0.15, 0.2) is 0 Å². The van der Waals surface area contributed by atoms with Crippen molar-refractivity contribution in [3.63, 3.8) is 0 Å². The van der Waals surface area contributed by atoms with Crippen LogP contribution < -0.4 is 5.32 Å². The van der Waals surface area contributed by atoms with Gasteiger partial charge >= 0.3 is 0 Å². The van der Waals surface area contributed by atoms with E-state index in [1.165, 1.54) is 15.6 Å². The molecule has 1 aromatic carbocycles. The third kappa shape index (κ3) is 2.22. The second kappa shape index (κ2) is 4.78. The first-order valence-corrected chi connectivity index (χ1v) is 6.84. The van der Waals surface area contributed by atoms with Gasteiger partial charge < -0.3 is 5.32 Å². The number of nitrogens with zero attached hydrogens (tertiary/aromatic N) is 1. The Morgan fingerprint density at radius 2 is 2.17 bits per heavy atom. The molecule has 1 N–H and O–H groups in total. The van der Waals surface area contributed by atoms with E-state index in [1.807, 2.05) is 12.3 Å². The van der Waals surface area contributed by atoms with Crippen molar-refractivity contribution in [1.29, 1.82) is 0 Å². The molecule has 2 nitrogen and oxygen atoms in total. The van der Waals surface area contributed by atoms with Crippen molar-refractivity contribution in [2.75, 3.05) is 5.32 Å². The van der Waals surface area contributed by atoms with Crippen LogP contribution in [0, 0.1) is 0 Å². The predicted molar refractivity (Wildman–Crippen MR) is 78.1 cm³/mol. The number of fused-ring (bicyclic) bond motifs is 1. The highest BCUT2D eigenvalue weighted by Crippen LogP contribution is 2.26. The molecule has 0 fully saturated rings. The Morgan fingerprint density at radius 1 is 1.22 bits per heavy atom. The van der Waals surface area contributed by atoms with Gasteiger partial charge in [-0.2, -0.15) is 0 Å². The number of rotatable bonds is 3. The van der Waals surface area contributed by atoms with Gasteiger partial charge in [-0.05, 0) is 53.6 Å². The van der Waals surface area contributed by atoms with E-state index in [4.69, 9.17) is 0 Å². The van der Waals surface area contributed by atoms with Gasteiger partial charge in [-0.1, -0.05) is 6.07 Å². The quantitative estimate of drug-likeness (QED) is 0.746. The molecular weight excluding hydrogens is 240 g/mol. The van der Waals surface area contributed by atoms with Crippen LogP contribution >= 0.6 is 11.3 Å². The summed E-state index contributed by atoms with van der Waals surface area (Å²) in [6.07, 6.45) is 3.70. The van der Waals surface area contributed by atoms with Crippen LogP contribution in [0.3, 0.4) is 0 Å². The van der Waals surface area contributed by atoms with Gasteiger partial charge in [0.25, 0.3) is 0 Å². The molecule has 1 atom stereocenters. The van der Waals surface area contributed by atoms with Crippen molar-refractivity contribution in [2.45, 2.75) is 13.0 Å². The molecule has 3 aromatic rings. The average Bonchev–Trinajstić information content (AvgIpc) is 2.87. The molecule has 0 aliphatic carbocycles. The van der Waals surface area contributed by atoms with E-state index in [0.717, 1.165) is 5.69 Å². The normalized spacial score (nSPS) is 12.5. The number of anilines is 1. The van der Waals surface area contributed by atoms with Crippen molar-refractivity contribution >= 4 is 27.1 Å². The Morgan fingerprint density at radius 3 is 3.00 bits per heavy atom. The monoisotopic (exact) mass is 254 g/mol. The third-order valence-corrected chi connectivity index (χ3v) is 3.92. The lowest BCUT2D eigenvalue weighted by molar-refractivity contribution is 0.876. The van der Waals surface area contributed by atoms with Crippen LogP contribution in [-0.2, 0) is 0 Å². The van der Waals surface area contributed by atoms with E-state index in [2.05, 4.69) is 52.9 Å². The van der Waals surface area contributed by atoms with Gasteiger partial charge in [0, 0.05) is 22.8 Å². The van der Waals surface area contributed by atoms with Crippen molar-refractivity contribution in [3.8, 4) is 0 Å². The maximum atomic E-state index is 4.15. The fourth-order valence-electron chi connectivity index (χ4n) is 2.02. The standard InChI is InChI=1S/C15H14N2S/c1-11(13-3-2-7-16-10-13)17-14-4-5-15-12(9-14)6-8-18-15/h2-11,17H,1H3. The highest BCUT2D eigenvalue weighted by Gasteiger charge is 2.05. The summed E-state index contributed by atoms with van der Waals surface area (Å²) in [4.78, 5) is 4.15. The first-order chi connectivity index (χ1) is 8.83. The Balaban J connectivity index is 1.83. The highest BCUT2D eigenvalue weighted by atomic mass is 32.1. The second-order valence-corrected chi connectivity index (χ2v) is 5.27. The van der Waals surface area contributed by atoms with Crippen molar-refractivity contribution in [2.24, 2.45) is 0 Å². The van der Waals surface area contributed by atoms with Crippen molar-refractivity contribution in [3.05, 3.63) is 59.7 Å². The van der Waals surface area contributed by atoms with Gasteiger partial charge in [0.2, 0.25) is 0 Å². The second-order valence-electron chi connectivity index (χ2n) is 4.33. The number of aromatic nitrogens is 1. The Kier molecular flexibility index (Phi) is 2.99. The molecule has 18 heavy (non-hydrogen) atoms. The number of hydrogen-bond acceptors (Lipinski definition) is 3. The summed E-state index contributed by atoms with van der Waals surface area (Å²) in [5.41, 5.74) is 2.35. The van der Waals surface area contributed by atoms with Crippen LogP contribution in [0.2, 0.25) is 0 Å². The summed E-state index contributed by atoms with van der Waals surface area (Å²) >= 11 is 1.77. The summed E-state index contributed by atoms with van der Waals surface area (Å²) in [7, 11) is 0. The van der Waals surface area contributed by atoms with Gasteiger partial charge in [0.1, 0.15) is 0 Å². The number of hydrogen-bond donors (Lipinski definition) is 1. The minimum atomic E-state index is 0.259. The first-order valence-electron chi connectivity index (χ1n) is 5.96. The summed E-state index contributed by atoms with van der Waals surface area (Å²) in [6, 6.07) is 13.0. The zero-order chi connectivity index (χ0) is 12.4. The lowest BCUT2D eigenvalue weighted by Gasteiger charge is -2.15. The lowest BCUT2D eigenvalue weighted by atomic mass is 10.1. The summed E-state index contributed by atoms with van der Waals surface area (Å²) in [5.74, 6) is 0. The molecule has 3 heteroatoms. The molecule has 0 bridgehead atoms. The Labute approximate surface area is 110 Å². The van der Waals surface area contributed by atoms with Crippen LogP contribution in [0.1, 0.15) is 18.5 Å². The molecule has 0 spiro atoms. The molecule has 2 heterocycles. The zero-order valence-corrected chi connectivity index (χ0v) is 10.9. The molecule has 2 aromatic heterocycles. The van der Waals surface area contributed by atoms with Gasteiger partial charge in [-0.3, -0.25) is 4.98 Å². The average molecular weight is 254 g/mol. The topological polar surface area (TPSA) is 24.9 Å². The number of thiophene rings is 1. The largest absolute Gasteiger partial charge is 0.378 e. The summed E-state index contributed by atoms with van der Waals surface area (Å²) in [5, 5.41) is 6.92. The fraction of sp³-hybridized carbons (Fsp3) is 0.133. The molecule has 0 radical (unpaired) electrons. The van der Waals surface area contributed by atoms with Crippen LogP contribution in [0.5, 0.6) is 0 Å². The Bertz CT molecular complexity index is 646. The van der Waals surface area contributed by atoms with Gasteiger partial charge in [-0.15, -0.1) is 11.3 Å². The van der Waals surface area contributed by atoms with Crippen LogP contribution in [0.25, 0.3) is 10.1 Å². The minimum Gasteiger partial charge on any atom is -0.378 e. The smallest absolute Gasteiger partial charge is 0.0500 e. The van der Waals surface area contributed by atoms with E-state index in [-0.39, 0.29) is 6.04 Å². The molecule has 1 unspecified atom stereocenters. The molecule has 0 aliphatic heterocycles. The van der Waals surface area contributed by atoms with Crippen LogP contribution in [0.4, 0.5) is 5.69 Å². The molecule has 0 amide bonds. The van der Waals surface area contributed by atoms with Crippen molar-refractivity contribution in [1.82, 2.24) is 4.98 Å². The maximum Gasteiger partial charge on any atom is 0.0500 e. The zero-order valence-electron chi connectivity index (χ0n) is 10.1. The molecule has 0 saturated heterocycles. The van der Waals surface area contributed by atoms with E-state index in [1.54, 1.807) is 17.5 Å². The molecule has 90 valence electrons. The number of nitrogens with one attached hydrogen (secondary N) is 1. The van der Waals surface area contributed by atoms with E-state index in [0.29, 0.717) is 0 Å². The molecule has 3 rings (SSSR count). The number of pyridine rings is 1. The number of benzene rings is 1. The van der Waals surface area contributed by atoms with Crippen LogP contribution in [0.15, 0.2) is 54.2 Å². The van der Waals surface area contributed by atoms with E-state index < -0.39 is 0 Å². The van der Waals surface area contributed by atoms with Crippen LogP contribution in [-0.4, -0.2) is 4.98 Å². The Hall–Kier alpha value is -1.87. The third-order valence-electron chi connectivity index (χ3n) is 3.02. The minimum absolute atomic E-state index is 0.259. The summed E-state index contributed by atoms with van der Waals surface area (Å²) in [6.45, 7) is 2.15. The lowest BCUT2D eigenvalue weighted by Crippen LogP contribution is -2.06. The van der Waals surface area contributed by atoms with Gasteiger partial charge in [-0.25, -0.2) is 0 Å². The predicted octanol–water partition coefficient (Wildman–Crippen LogP) is 4.47. The van der Waals surface area contributed by atoms with E-state index in [9.17, 15) is 0 Å². The maximum absolute atomic E-state index is 4.15. The molecule has 0 saturated carbocycles. The van der Waals surface area contributed by atoms with Gasteiger partial charge in [0.05, 0.1) is 6.04 Å². The highest BCUT2D eigenvalue weighted by molar-refractivity contribution is 7.17.